The third kappa shape index (κ3) is 3.87. The van der Waals surface area contributed by atoms with Crippen LogP contribution in [0, 0.1) is 11.6 Å². The van der Waals surface area contributed by atoms with Gasteiger partial charge in [-0.3, -0.25) is 0 Å². The lowest BCUT2D eigenvalue weighted by Crippen LogP contribution is -2.30. The molecular formula is C16H16BrF2N. The van der Waals surface area contributed by atoms with Crippen LogP contribution in [0.15, 0.2) is 46.9 Å². The molecule has 4 heteroatoms. The molecule has 0 fully saturated rings. The zero-order valence-corrected chi connectivity index (χ0v) is 12.8. The summed E-state index contributed by atoms with van der Waals surface area (Å²) < 4.78 is 28.3. The van der Waals surface area contributed by atoms with E-state index >= 15 is 0 Å². The van der Waals surface area contributed by atoms with E-state index in [4.69, 9.17) is 0 Å². The highest BCUT2D eigenvalue weighted by atomic mass is 79.9. The minimum absolute atomic E-state index is 0.0115. The van der Waals surface area contributed by atoms with Gasteiger partial charge in [-0.1, -0.05) is 34.1 Å². The molecule has 1 nitrogen and oxygen atoms in total. The molecule has 20 heavy (non-hydrogen) atoms. The zero-order valence-electron chi connectivity index (χ0n) is 11.2. The first-order valence-corrected chi connectivity index (χ1v) is 7.24. The molecule has 0 saturated carbocycles. The van der Waals surface area contributed by atoms with Crippen molar-refractivity contribution in [2.24, 2.45) is 0 Å². The van der Waals surface area contributed by atoms with Crippen LogP contribution in [0.4, 0.5) is 8.78 Å². The van der Waals surface area contributed by atoms with Gasteiger partial charge < -0.3 is 5.32 Å². The summed E-state index contributed by atoms with van der Waals surface area (Å²) in [4.78, 5) is 0. The largest absolute Gasteiger partial charge is 0.316 e. The van der Waals surface area contributed by atoms with Crippen LogP contribution in [0.2, 0.25) is 0 Å². The third-order valence-corrected chi connectivity index (χ3v) is 3.84. The lowest BCUT2D eigenvalue weighted by Gasteiger charge is -2.17. The van der Waals surface area contributed by atoms with Crippen molar-refractivity contribution < 1.29 is 8.78 Å². The lowest BCUT2D eigenvalue weighted by molar-refractivity contribution is 0.502. The second kappa shape index (κ2) is 6.95. The zero-order chi connectivity index (χ0) is 14.5. The predicted octanol–water partition coefficient (Wildman–Crippen LogP) is 4.10. The van der Waals surface area contributed by atoms with Gasteiger partial charge in [-0.2, -0.15) is 0 Å². The third-order valence-electron chi connectivity index (χ3n) is 3.32. The number of likely N-dealkylation sites (N-methyl/N-ethyl adjacent to an activating group) is 1. The van der Waals surface area contributed by atoms with E-state index in [-0.39, 0.29) is 11.6 Å². The van der Waals surface area contributed by atoms with Crippen LogP contribution in [-0.4, -0.2) is 13.1 Å². The standard InChI is InChI=1S/C16H16BrF2N/c1-20-13(9-11-5-7-12(17)8-6-11)10-14-15(18)3-2-4-16(14)19/h2-8,13,20H,9-10H2,1H3. The van der Waals surface area contributed by atoms with Crippen LogP contribution in [0.5, 0.6) is 0 Å². The van der Waals surface area contributed by atoms with Gasteiger partial charge in [-0.05, 0) is 49.7 Å². The van der Waals surface area contributed by atoms with E-state index in [1.807, 2.05) is 31.3 Å². The van der Waals surface area contributed by atoms with Crippen molar-refractivity contribution in [3.63, 3.8) is 0 Å². The monoisotopic (exact) mass is 339 g/mol. The Hall–Kier alpha value is -1.26. The highest BCUT2D eigenvalue weighted by molar-refractivity contribution is 9.10. The Bertz CT molecular complexity index is 549. The number of hydrogen-bond acceptors (Lipinski definition) is 1. The van der Waals surface area contributed by atoms with E-state index in [0.29, 0.717) is 6.42 Å². The Labute approximate surface area is 126 Å². The van der Waals surface area contributed by atoms with Gasteiger partial charge in [0.1, 0.15) is 11.6 Å². The fourth-order valence-electron chi connectivity index (χ4n) is 2.16. The molecule has 0 spiro atoms. The summed E-state index contributed by atoms with van der Waals surface area (Å²) in [6.07, 6.45) is 1.04. The highest BCUT2D eigenvalue weighted by Crippen LogP contribution is 2.17. The minimum atomic E-state index is -0.485. The minimum Gasteiger partial charge on any atom is -0.316 e. The molecule has 0 aliphatic rings. The van der Waals surface area contributed by atoms with E-state index < -0.39 is 11.6 Å². The van der Waals surface area contributed by atoms with Gasteiger partial charge in [0.15, 0.2) is 0 Å². The average Bonchev–Trinajstić information content (AvgIpc) is 2.44. The molecule has 0 radical (unpaired) electrons. The first-order chi connectivity index (χ1) is 9.60. The van der Waals surface area contributed by atoms with E-state index in [2.05, 4.69) is 21.2 Å². The van der Waals surface area contributed by atoms with E-state index in [1.54, 1.807) is 0 Å². The van der Waals surface area contributed by atoms with Crippen molar-refractivity contribution in [2.45, 2.75) is 18.9 Å². The highest BCUT2D eigenvalue weighted by Gasteiger charge is 2.15. The van der Waals surface area contributed by atoms with E-state index in [9.17, 15) is 8.78 Å². The smallest absolute Gasteiger partial charge is 0.129 e. The predicted molar refractivity (Wildman–Crippen MR) is 80.8 cm³/mol. The van der Waals surface area contributed by atoms with Crippen LogP contribution in [0.3, 0.4) is 0 Å². The summed E-state index contributed by atoms with van der Waals surface area (Å²) in [6.45, 7) is 0. The van der Waals surface area contributed by atoms with E-state index in [0.717, 1.165) is 16.5 Å². The summed E-state index contributed by atoms with van der Waals surface area (Å²) in [5.74, 6) is -0.970. The maximum atomic E-state index is 13.7. The van der Waals surface area contributed by atoms with Gasteiger partial charge in [0, 0.05) is 16.1 Å². The molecular weight excluding hydrogens is 324 g/mol. The van der Waals surface area contributed by atoms with Gasteiger partial charge >= 0.3 is 0 Å². The number of halogens is 3. The second-order valence-electron chi connectivity index (χ2n) is 4.72. The molecule has 2 rings (SSSR count). The van der Waals surface area contributed by atoms with Crippen molar-refractivity contribution in [3.8, 4) is 0 Å². The number of benzene rings is 2. The summed E-state index contributed by atoms with van der Waals surface area (Å²) in [5, 5.41) is 3.12. The molecule has 1 N–H and O–H groups in total. The van der Waals surface area contributed by atoms with Gasteiger partial charge in [-0.15, -0.1) is 0 Å². The molecule has 0 aromatic heterocycles. The molecule has 106 valence electrons. The Morgan fingerprint density at radius 1 is 1.00 bits per heavy atom. The molecule has 0 aliphatic heterocycles. The maximum absolute atomic E-state index is 13.7. The summed E-state index contributed by atoms with van der Waals surface area (Å²) in [6, 6.07) is 11.9. The molecule has 2 aromatic rings. The second-order valence-corrected chi connectivity index (χ2v) is 5.64. The van der Waals surface area contributed by atoms with Gasteiger partial charge in [0.2, 0.25) is 0 Å². The Morgan fingerprint density at radius 2 is 1.60 bits per heavy atom. The summed E-state index contributed by atoms with van der Waals surface area (Å²) >= 11 is 3.39. The Kier molecular flexibility index (Phi) is 5.26. The molecule has 0 heterocycles. The molecule has 0 bridgehead atoms. The van der Waals surface area contributed by atoms with Crippen LogP contribution in [-0.2, 0) is 12.8 Å². The van der Waals surface area contributed by atoms with Crippen molar-refractivity contribution in [1.82, 2.24) is 5.32 Å². The molecule has 1 unspecified atom stereocenters. The van der Waals surface area contributed by atoms with Crippen molar-refractivity contribution in [2.75, 3.05) is 7.05 Å². The van der Waals surface area contributed by atoms with Crippen LogP contribution >= 0.6 is 15.9 Å². The maximum Gasteiger partial charge on any atom is 0.129 e. The Morgan fingerprint density at radius 3 is 2.15 bits per heavy atom. The number of rotatable bonds is 5. The van der Waals surface area contributed by atoms with Gasteiger partial charge in [0.05, 0.1) is 0 Å². The topological polar surface area (TPSA) is 12.0 Å². The van der Waals surface area contributed by atoms with Crippen LogP contribution in [0.1, 0.15) is 11.1 Å². The van der Waals surface area contributed by atoms with E-state index in [1.165, 1.54) is 18.2 Å². The molecule has 1 atom stereocenters. The molecule has 2 aromatic carbocycles. The quantitative estimate of drug-likeness (QED) is 0.864. The SMILES string of the molecule is CNC(Cc1ccc(Br)cc1)Cc1c(F)cccc1F. The lowest BCUT2D eigenvalue weighted by atomic mass is 9.98. The Balaban J connectivity index is 2.11. The number of hydrogen-bond donors (Lipinski definition) is 1. The molecule has 0 amide bonds. The summed E-state index contributed by atoms with van der Waals surface area (Å²) in [5.41, 5.74) is 1.27. The van der Waals surface area contributed by atoms with Crippen molar-refractivity contribution in [3.05, 3.63) is 69.7 Å². The van der Waals surface area contributed by atoms with Gasteiger partial charge in [0.25, 0.3) is 0 Å². The van der Waals surface area contributed by atoms with Gasteiger partial charge in [-0.25, -0.2) is 8.78 Å². The van der Waals surface area contributed by atoms with Crippen LogP contribution < -0.4 is 5.32 Å². The summed E-state index contributed by atoms with van der Waals surface area (Å²) in [7, 11) is 1.81. The number of nitrogens with one attached hydrogen (secondary N) is 1. The van der Waals surface area contributed by atoms with Crippen molar-refractivity contribution >= 4 is 15.9 Å². The fourth-order valence-corrected chi connectivity index (χ4v) is 2.42. The molecule has 0 aliphatic carbocycles. The normalized spacial score (nSPS) is 12.4. The first-order valence-electron chi connectivity index (χ1n) is 6.44. The molecule has 0 saturated heterocycles. The van der Waals surface area contributed by atoms with Crippen LogP contribution in [0.25, 0.3) is 0 Å². The average molecular weight is 340 g/mol. The fraction of sp³-hybridized carbons (Fsp3) is 0.250. The first kappa shape index (κ1) is 15.1. The van der Waals surface area contributed by atoms with Crippen molar-refractivity contribution in [1.29, 1.82) is 0 Å².